The van der Waals surface area contributed by atoms with E-state index in [1.807, 2.05) is 0 Å². The van der Waals surface area contributed by atoms with E-state index >= 15 is 0 Å². The van der Waals surface area contributed by atoms with Crippen molar-refractivity contribution in [3.63, 3.8) is 0 Å². The molecule has 2 fully saturated rings. The lowest BCUT2D eigenvalue weighted by atomic mass is 10.1. The molecule has 1 aromatic heterocycles. The molecule has 1 aromatic rings. The first-order valence-electron chi connectivity index (χ1n) is 9.46. The molecule has 0 spiro atoms. The predicted molar refractivity (Wildman–Crippen MR) is 111 cm³/mol. The number of hydrogen-bond donors (Lipinski definition) is 2. The first-order valence-corrected chi connectivity index (χ1v) is 9.46. The highest BCUT2D eigenvalue weighted by Gasteiger charge is 2.21. The van der Waals surface area contributed by atoms with Crippen LogP contribution >= 0.6 is 24.0 Å². The molecule has 3 rings (SSSR count). The Morgan fingerprint density at radius 2 is 2.19 bits per heavy atom. The van der Waals surface area contributed by atoms with E-state index in [9.17, 15) is 5.11 Å². The van der Waals surface area contributed by atoms with E-state index < -0.39 is 0 Å². The van der Waals surface area contributed by atoms with Gasteiger partial charge in [0.15, 0.2) is 5.96 Å². The lowest BCUT2D eigenvalue weighted by Crippen LogP contribution is -2.47. The second kappa shape index (κ2) is 11.0. The van der Waals surface area contributed by atoms with Crippen LogP contribution in [0.4, 0.5) is 0 Å². The van der Waals surface area contributed by atoms with Gasteiger partial charge in [0.1, 0.15) is 12.2 Å². The number of aromatic nitrogens is 3. The zero-order valence-electron chi connectivity index (χ0n) is 15.5. The van der Waals surface area contributed by atoms with Gasteiger partial charge in [0.25, 0.3) is 0 Å². The van der Waals surface area contributed by atoms with Gasteiger partial charge in [0.2, 0.25) is 0 Å². The van der Waals surface area contributed by atoms with Crippen molar-refractivity contribution in [3.05, 3.63) is 12.2 Å². The van der Waals surface area contributed by atoms with Crippen LogP contribution < -0.4 is 5.32 Å². The normalized spacial score (nSPS) is 21.7. The lowest BCUT2D eigenvalue weighted by Gasteiger charge is -2.32. The van der Waals surface area contributed by atoms with Gasteiger partial charge < -0.3 is 24.6 Å². The molecule has 148 valence electrons. The van der Waals surface area contributed by atoms with E-state index in [-0.39, 0.29) is 36.2 Å². The number of halogens is 1. The highest BCUT2D eigenvalue weighted by molar-refractivity contribution is 14.0. The van der Waals surface area contributed by atoms with Crippen molar-refractivity contribution in [2.75, 3.05) is 32.8 Å². The standard InChI is InChI=1S/C17H30N6O2.HI/c1-2-16-21-20-13-23(16)10-7-18-17(19-12-15-4-3-11-25-15)22-8-5-14(24)6-9-22;/h13-15,24H,2-12H2,1H3,(H,18,19);1H. The van der Waals surface area contributed by atoms with Crippen molar-refractivity contribution in [1.82, 2.24) is 25.0 Å². The van der Waals surface area contributed by atoms with Crippen LogP contribution in [0.15, 0.2) is 11.3 Å². The third-order valence-electron chi connectivity index (χ3n) is 4.88. The minimum atomic E-state index is -0.181. The first kappa shape index (κ1) is 21.4. The number of hydrogen-bond acceptors (Lipinski definition) is 5. The van der Waals surface area contributed by atoms with Crippen LogP contribution in [0.5, 0.6) is 0 Å². The predicted octanol–water partition coefficient (Wildman–Crippen LogP) is 1.04. The highest BCUT2D eigenvalue weighted by Crippen LogP contribution is 2.13. The van der Waals surface area contributed by atoms with Gasteiger partial charge in [0.05, 0.1) is 18.8 Å². The van der Waals surface area contributed by atoms with E-state index in [0.29, 0.717) is 6.54 Å². The molecule has 0 aliphatic carbocycles. The molecule has 26 heavy (non-hydrogen) atoms. The SMILES string of the molecule is CCc1nncn1CCNC(=NCC1CCCO1)N1CCC(O)CC1.I. The molecule has 0 amide bonds. The average molecular weight is 478 g/mol. The summed E-state index contributed by atoms with van der Waals surface area (Å²) < 4.78 is 7.76. The topological polar surface area (TPSA) is 87.8 Å². The second-order valence-electron chi connectivity index (χ2n) is 6.74. The molecule has 8 nitrogen and oxygen atoms in total. The minimum absolute atomic E-state index is 0. The summed E-state index contributed by atoms with van der Waals surface area (Å²) in [6.45, 7) is 6.90. The molecule has 2 aliphatic rings. The van der Waals surface area contributed by atoms with E-state index in [4.69, 9.17) is 9.73 Å². The van der Waals surface area contributed by atoms with Crippen LogP contribution in [-0.4, -0.2) is 75.7 Å². The van der Waals surface area contributed by atoms with Gasteiger partial charge >= 0.3 is 0 Å². The maximum absolute atomic E-state index is 9.75. The van der Waals surface area contributed by atoms with Gasteiger partial charge in [-0.3, -0.25) is 4.99 Å². The van der Waals surface area contributed by atoms with Crippen LogP contribution in [0.3, 0.4) is 0 Å². The Hall–Kier alpha value is -0.940. The highest BCUT2D eigenvalue weighted by atomic mass is 127. The largest absolute Gasteiger partial charge is 0.393 e. The molecule has 2 N–H and O–H groups in total. The van der Waals surface area contributed by atoms with Crippen molar-refractivity contribution >= 4 is 29.9 Å². The molecule has 0 saturated carbocycles. The fourth-order valence-electron chi connectivity index (χ4n) is 3.35. The maximum Gasteiger partial charge on any atom is 0.194 e. The molecular weight excluding hydrogens is 447 g/mol. The van der Waals surface area contributed by atoms with Crippen molar-refractivity contribution in [2.24, 2.45) is 4.99 Å². The number of aliphatic hydroxyl groups is 1. The Morgan fingerprint density at radius 1 is 1.38 bits per heavy atom. The minimum Gasteiger partial charge on any atom is -0.393 e. The Kier molecular flexibility index (Phi) is 9.06. The van der Waals surface area contributed by atoms with Crippen LogP contribution in [0.25, 0.3) is 0 Å². The molecular formula is C17H31IN6O2. The number of piperidine rings is 1. The molecule has 2 aliphatic heterocycles. The number of nitrogens with zero attached hydrogens (tertiary/aromatic N) is 5. The van der Waals surface area contributed by atoms with Crippen LogP contribution in [0.1, 0.15) is 38.4 Å². The van der Waals surface area contributed by atoms with Crippen LogP contribution in [0.2, 0.25) is 0 Å². The summed E-state index contributed by atoms with van der Waals surface area (Å²) in [4.78, 5) is 7.04. The summed E-state index contributed by atoms with van der Waals surface area (Å²) in [5.41, 5.74) is 0. The molecule has 1 unspecified atom stereocenters. The van der Waals surface area contributed by atoms with Gasteiger partial charge in [-0.05, 0) is 25.7 Å². The molecule has 1 atom stereocenters. The molecule has 2 saturated heterocycles. The zero-order valence-corrected chi connectivity index (χ0v) is 17.8. The Labute approximate surface area is 172 Å². The molecule has 0 aromatic carbocycles. The number of aryl methyl sites for hydroxylation is 1. The van der Waals surface area contributed by atoms with Crippen molar-refractivity contribution < 1.29 is 9.84 Å². The summed E-state index contributed by atoms with van der Waals surface area (Å²) in [5, 5.41) is 21.3. The fraction of sp³-hybridized carbons (Fsp3) is 0.824. The van der Waals surface area contributed by atoms with Crippen molar-refractivity contribution in [3.8, 4) is 0 Å². The molecule has 3 heterocycles. The van der Waals surface area contributed by atoms with Gasteiger partial charge in [-0.25, -0.2) is 0 Å². The summed E-state index contributed by atoms with van der Waals surface area (Å²) >= 11 is 0. The second-order valence-corrected chi connectivity index (χ2v) is 6.74. The summed E-state index contributed by atoms with van der Waals surface area (Å²) in [7, 11) is 0. The number of rotatable bonds is 6. The summed E-state index contributed by atoms with van der Waals surface area (Å²) in [6, 6.07) is 0. The Morgan fingerprint density at radius 3 is 2.88 bits per heavy atom. The molecule has 0 radical (unpaired) electrons. The first-order chi connectivity index (χ1) is 12.3. The smallest absolute Gasteiger partial charge is 0.194 e. The number of likely N-dealkylation sites (tertiary alicyclic amines) is 1. The third-order valence-corrected chi connectivity index (χ3v) is 4.88. The van der Waals surface area contributed by atoms with E-state index in [1.54, 1.807) is 6.33 Å². The summed E-state index contributed by atoms with van der Waals surface area (Å²) in [5.74, 6) is 1.93. The lowest BCUT2D eigenvalue weighted by molar-refractivity contribution is 0.106. The fourth-order valence-corrected chi connectivity index (χ4v) is 3.35. The number of ether oxygens (including phenoxy) is 1. The molecule has 9 heteroatoms. The average Bonchev–Trinajstić information content (AvgIpc) is 3.30. The maximum atomic E-state index is 9.75. The number of aliphatic imine (C=N–C) groups is 1. The van der Waals surface area contributed by atoms with Gasteiger partial charge in [-0.1, -0.05) is 6.92 Å². The van der Waals surface area contributed by atoms with E-state index in [0.717, 1.165) is 76.7 Å². The van der Waals surface area contributed by atoms with Crippen molar-refractivity contribution in [1.29, 1.82) is 0 Å². The van der Waals surface area contributed by atoms with Crippen molar-refractivity contribution in [2.45, 2.75) is 57.8 Å². The zero-order chi connectivity index (χ0) is 17.5. The van der Waals surface area contributed by atoms with Gasteiger partial charge in [-0.2, -0.15) is 0 Å². The Balaban J connectivity index is 0.00000243. The van der Waals surface area contributed by atoms with Crippen LogP contribution in [-0.2, 0) is 17.7 Å². The third kappa shape index (κ3) is 6.05. The summed E-state index contributed by atoms with van der Waals surface area (Å²) in [6.07, 6.45) is 6.54. The van der Waals surface area contributed by atoms with E-state index in [2.05, 4.69) is 31.9 Å². The monoisotopic (exact) mass is 478 g/mol. The number of guanidine groups is 1. The number of nitrogens with one attached hydrogen (secondary N) is 1. The van der Waals surface area contributed by atoms with E-state index in [1.165, 1.54) is 0 Å². The van der Waals surface area contributed by atoms with Gasteiger partial charge in [0, 0.05) is 39.2 Å². The Bertz CT molecular complexity index is 553. The van der Waals surface area contributed by atoms with Crippen LogP contribution in [0, 0.1) is 0 Å². The molecule has 0 bridgehead atoms. The number of aliphatic hydroxyl groups excluding tert-OH is 1. The van der Waals surface area contributed by atoms with Gasteiger partial charge in [-0.15, -0.1) is 34.2 Å². The quantitative estimate of drug-likeness (QED) is 0.361.